The van der Waals surface area contributed by atoms with Crippen LogP contribution in [-0.4, -0.2) is 44.4 Å². The molecule has 3 aromatic rings. The average molecular weight is 445 g/mol. The van der Waals surface area contributed by atoms with Crippen LogP contribution in [-0.2, 0) is 11.4 Å². The molecule has 0 saturated heterocycles. The van der Waals surface area contributed by atoms with Crippen LogP contribution in [0.3, 0.4) is 0 Å². The van der Waals surface area contributed by atoms with E-state index in [0.717, 1.165) is 18.6 Å². The third-order valence-electron chi connectivity index (χ3n) is 5.33. The van der Waals surface area contributed by atoms with Gasteiger partial charge in [-0.1, -0.05) is 25.8 Å². The number of hydrogen-bond acceptors (Lipinski definition) is 4. The molecule has 0 saturated carbocycles. The van der Waals surface area contributed by atoms with Gasteiger partial charge in [-0.25, -0.2) is 18.6 Å². The van der Waals surface area contributed by atoms with E-state index in [1.165, 1.54) is 22.4 Å². The Balaban J connectivity index is 1.92. The minimum atomic E-state index is -1.07. The van der Waals surface area contributed by atoms with Crippen molar-refractivity contribution in [2.75, 3.05) is 7.05 Å². The van der Waals surface area contributed by atoms with Crippen molar-refractivity contribution in [1.82, 2.24) is 14.3 Å². The van der Waals surface area contributed by atoms with Crippen LogP contribution in [0.1, 0.15) is 47.9 Å². The highest BCUT2D eigenvalue weighted by Crippen LogP contribution is 2.25. The molecule has 0 bridgehead atoms. The first-order valence-corrected chi connectivity index (χ1v) is 10.3. The first-order valence-electron chi connectivity index (χ1n) is 10.3. The summed E-state index contributed by atoms with van der Waals surface area (Å²) in [4.78, 5) is 30.5. The van der Waals surface area contributed by atoms with Crippen LogP contribution in [0.15, 0.2) is 36.5 Å². The van der Waals surface area contributed by atoms with Gasteiger partial charge in [-0.3, -0.25) is 9.20 Å². The number of carbonyl (C=O) groups is 2. The van der Waals surface area contributed by atoms with E-state index in [9.17, 15) is 23.5 Å². The molecular formula is C23H25F2N3O4. The Morgan fingerprint density at radius 1 is 1.22 bits per heavy atom. The molecule has 9 heteroatoms. The quantitative estimate of drug-likeness (QED) is 0.533. The summed E-state index contributed by atoms with van der Waals surface area (Å²) in [6.45, 7) is 3.23. The molecule has 1 atom stereocenters. The van der Waals surface area contributed by atoms with Gasteiger partial charge in [0, 0.05) is 13.2 Å². The molecule has 0 aliphatic heterocycles. The van der Waals surface area contributed by atoms with Crippen LogP contribution in [0.4, 0.5) is 8.78 Å². The second kappa shape index (κ2) is 9.76. The lowest BCUT2D eigenvalue weighted by molar-refractivity contribution is -0.142. The van der Waals surface area contributed by atoms with Crippen molar-refractivity contribution in [1.29, 1.82) is 0 Å². The van der Waals surface area contributed by atoms with E-state index >= 15 is 0 Å². The first kappa shape index (κ1) is 23.2. The van der Waals surface area contributed by atoms with Crippen LogP contribution in [0, 0.1) is 18.6 Å². The zero-order chi connectivity index (χ0) is 23.4. The standard InChI is InChI=1S/C23H25F2N3O4/c1-4-5-10-18(23(30)31)27(3)22(29)20-14(2)26-21-19(11-7-12-28(20)21)32-13-15-16(24)8-6-9-17(15)25/h6-9,11-12,18H,4-5,10,13H2,1-3H3,(H,30,31)/t18-/m1/s1. The monoisotopic (exact) mass is 445 g/mol. The number of benzene rings is 1. The van der Waals surface area contributed by atoms with Gasteiger partial charge >= 0.3 is 5.97 Å². The number of halogens is 2. The summed E-state index contributed by atoms with van der Waals surface area (Å²) in [6, 6.07) is 5.80. The molecule has 32 heavy (non-hydrogen) atoms. The third kappa shape index (κ3) is 4.56. The van der Waals surface area contributed by atoms with Crippen molar-refractivity contribution in [3.63, 3.8) is 0 Å². The molecule has 0 unspecified atom stereocenters. The van der Waals surface area contributed by atoms with Crippen molar-refractivity contribution >= 4 is 17.5 Å². The van der Waals surface area contributed by atoms with Gasteiger partial charge < -0.3 is 14.7 Å². The lowest BCUT2D eigenvalue weighted by Crippen LogP contribution is -2.43. The van der Waals surface area contributed by atoms with Crippen molar-refractivity contribution in [2.45, 2.75) is 45.8 Å². The molecule has 2 heterocycles. The van der Waals surface area contributed by atoms with Crippen molar-refractivity contribution in [2.24, 2.45) is 0 Å². The van der Waals surface area contributed by atoms with E-state index in [1.807, 2.05) is 6.92 Å². The molecule has 7 nitrogen and oxygen atoms in total. The topological polar surface area (TPSA) is 84.1 Å². The number of fused-ring (bicyclic) bond motifs is 1. The lowest BCUT2D eigenvalue weighted by atomic mass is 10.1. The Hall–Kier alpha value is -3.49. The van der Waals surface area contributed by atoms with Gasteiger partial charge in [-0.15, -0.1) is 0 Å². The minimum Gasteiger partial charge on any atom is -0.485 e. The van der Waals surface area contributed by atoms with Crippen molar-refractivity contribution < 1.29 is 28.2 Å². The molecule has 170 valence electrons. The second-order valence-corrected chi connectivity index (χ2v) is 7.51. The van der Waals surface area contributed by atoms with Gasteiger partial charge in [0.15, 0.2) is 11.4 Å². The van der Waals surface area contributed by atoms with E-state index in [2.05, 4.69) is 4.98 Å². The zero-order valence-corrected chi connectivity index (χ0v) is 18.1. The number of rotatable bonds is 9. The highest BCUT2D eigenvalue weighted by molar-refractivity contribution is 5.97. The lowest BCUT2D eigenvalue weighted by Gasteiger charge is -2.25. The number of nitrogens with zero attached hydrogens (tertiary/aromatic N) is 3. The fraction of sp³-hybridized carbons (Fsp3) is 0.348. The first-order chi connectivity index (χ1) is 15.3. The molecule has 2 aromatic heterocycles. The highest BCUT2D eigenvalue weighted by atomic mass is 19.1. The van der Waals surface area contributed by atoms with Gasteiger partial charge in [0.2, 0.25) is 0 Å². The van der Waals surface area contributed by atoms with Gasteiger partial charge in [0.1, 0.15) is 30.0 Å². The predicted molar refractivity (Wildman–Crippen MR) is 114 cm³/mol. The number of amides is 1. The maximum atomic E-state index is 13.9. The molecule has 0 aliphatic carbocycles. The van der Waals surface area contributed by atoms with E-state index in [0.29, 0.717) is 24.2 Å². The Labute approximate surface area is 184 Å². The summed E-state index contributed by atoms with van der Waals surface area (Å²) >= 11 is 0. The normalized spacial score (nSPS) is 12.0. The summed E-state index contributed by atoms with van der Waals surface area (Å²) in [5.41, 5.74) is 0.662. The van der Waals surface area contributed by atoms with E-state index in [4.69, 9.17) is 4.74 Å². The van der Waals surface area contributed by atoms with Gasteiger partial charge in [0.25, 0.3) is 5.91 Å². The Morgan fingerprint density at radius 2 is 1.91 bits per heavy atom. The molecule has 1 amide bonds. The van der Waals surface area contributed by atoms with E-state index in [-0.39, 0.29) is 23.6 Å². The number of pyridine rings is 1. The zero-order valence-electron chi connectivity index (χ0n) is 18.1. The predicted octanol–water partition coefficient (Wildman–Crippen LogP) is 4.22. The fourth-order valence-electron chi connectivity index (χ4n) is 3.54. The SMILES string of the molecule is CCCC[C@H](C(=O)O)N(C)C(=O)c1c(C)nc2c(OCc3c(F)cccc3F)cccn12. The van der Waals surface area contributed by atoms with Gasteiger partial charge in [-0.2, -0.15) is 0 Å². The Kier molecular flexibility index (Phi) is 7.07. The highest BCUT2D eigenvalue weighted by Gasteiger charge is 2.30. The van der Waals surface area contributed by atoms with Crippen LogP contribution in [0.5, 0.6) is 5.75 Å². The Morgan fingerprint density at radius 3 is 2.53 bits per heavy atom. The average Bonchev–Trinajstić information content (AvgIpc) is 3.09. The molecule has 1 N–H and O–H groups in total. The number of unbranched alkanes of at least 4 members (excludes halogenated alkanes) is 1. The molecule has 0 aliphatic rings. The molecule has 3 rings (SSSR count). The number of ether oxygens (including phenoxy) is 1. The molecule has 0 spiro atoms. The van der Waals surface area contributed by atoms with Crippen LogP contribution >= 0.6 is 0 Å². The number of aromatic nitrogens is 2. The number of carbonyl (C=O) groups excluding carboxylic acids is 1. The number of aryl methyl sites for hydroxylation is 1. The number of carboxylic acid groups (broad SMARTS) is 1. The molecule has 0 fully saturated rings. The number of likely N-dealkylation sites (N-methyl/N-ethyl adjacent to an activating group) is 1. The molecule has 0 radical (unpaired) electrons. The molecule has 1 aromatic carbocycles. The smallest absolute Gasteiger partial charge is 0.326 e. The summed E-state index contributed by atoms with van der Waals surface area (Å²) in [5, 5.41) is 9.57. The van der Waals surface area contributed by atoms with Crippen LogP contribution in [0.2, 0.25) is 0 Å². The summed E-state index contributed by atoms with van der Waals surface area (Å²) < 4.78 is 35.0. The van der Waals surface area contributed by atoms with E-state index < -0.39 is 29.6 Å². The number of carboxylic acids is 1. The van der Waals surface area contributed by atoms with Crippen molar-refractivity contribution in [3.8, 4) is 5.75 Å². The van der Waals surface area contributed by atoms with E-state index in [1.54, 1.807) is 25.3 Å². The molecular weight excluding hydrogens is 420 g/mol. The van der Waals surface area contributed by atoms with Crippen LogP contribution in [0.25, 0.3) is 5.65 Å². The summed E-state index contributed by atoms with van der Waals surface area (Å²) in [5.74, 6) is -2.77. The van der Waals surface area contributed by atoms with Gasteiger partial charge in [0.05, 0.1) is 11.3 Å². The summed E-state index contributed by atoms with van der Waals surface area (Å²) in [7, 11) is 1.46. The van der Waals surface area contributed by atoms with Crippen molar-refractivity contribution in [3.05, 3.63) is 65.1 Å². The summed E-state index contributed by atoms with van der Waals surface area (Å²) in [6.07, 6.45) is 3.43. The maximum Gasteiger partial charge on any atom is 0.326 e. The number of aliphatic carboxylic acids is 1. The third-order valence-corrected chi connectivity index (χ3v) is 5.33. The van der Waals surface area contributed by atoms with Crippen LogP contribution < -0.4 is 4.74 Å². The second-order valence-electron chi connectivity index (χ2n) is 7.51. The minimum absolute atomic E-state index is 0.202. The van der Waals surface area contributed by atoms with Gasteiger partial charge in [-0.05, 0) is 37.6 Å². The number of hydrogen-bond donors (Lipinski definition) is 1. The largest absolute Gasteiger partial charge is 0.485 e. The number of imidazole rings is 1. The Bertz CT molecular complexity index is 1130. The maximum absolute atomic E-state index is 13.9. The fourth-order valence-corrected chi connectivity index (χ4v) is 3.54.